The normalized spacial score (nSPS) is 32.3. The molecule has 14 atom stereocenters. The highest BCUT2D eigenvalue weighted by atomic mass is 19.1. The van der Waals surface area contributed by atoms with Crippen LogP contribution in [-0.2, 0) is 35.0 Å². The number of carbonyl (C=O) groups excluding carboxylic acids is 5. The molecule has 0 spiro atoms. The highest BCUT2D eigenvalue weighted by molar-refractivity contribution is 6.31. The zero-order chi connectivity index (χ0) is 54.8. The van der Waals surface area contributed by atoms with Crippen molar-refractivity contribution >= 4 is 36.0 Å². The fourth-order valence-electron chi connectivity index (χ4n) is 9.44. The Kier molecular flexibility index (Phi) is 18.1. The Labute approximate surface area is 421 Å². The fourth-order valence-corrected chi connectivity index (χ4v) is 9.44. The van der Waals surface area contributed by atoms with Crippen molar-refractivity contribution in [3.05, 3.63) is 75.8 Å². The monoisotopic (exact) mass is 1050 g/mol. The molecule has 3 fully saturated rings. The number of nitrogens with one attached hydrogen (secondary N) is 1. The van der Waals surface area contributed by atoms with Crippen LogP contribution in [0.3, 0.4) is 0 Å². The minimum atomic E-state index is -2.21. The number of benzene rings is 2. The Hall–Kier alpha value is -5.85. The molecule has 3 unspecified atom stereocenters. The van der Waals surface area contributed by atoms with Gasteiger partial charge in [0.25, 0.3) is 0 Å². The van der Waals surface area contributed by atoms with Crippen LogP contribution in [-0.4, -0.2) is 209 Å². The minimum absolute atomic E-state index is 0.0380. The van der Waals surface area contributed by atoms with Crippen LogP contribution in [0.15, 0.2) is 47.5 Å². The molecule has 3 saturated heterocycles. The highest BCUT2D eigenvalue weighted by Crippen LogP contribution is 2.53. The van der Waals surface area contributed by atoms with Gasteiger partial charge in [-0.2, -0.15) is 5.10 Å². The Bertz CT molecular complexity index is 2530. The van der Waals surface area contributed by atoms with Gasteiger partial charge in [0.15, 0.2) is 24.1 Å². The van der Waals surface area contributed by atoms with E-state index in [1.807, 2.05) is 0 Å². The van der Waals surface area contributed by atoms with Crippen LogP contribution >= 0.6 is 0 Å². The van der Waals surface area contributed by atoms with Gasteiger partial charge in [-0.3, -0.25) is 24.1 Å². The molecule has 0 radical (unpaired) electrons. The summed E-state index contributed by atoms with van der Waals surface area (Å²) in [5, 5.41) is 117. The van der Waals surface area contributed by atoms with Gasteiger partial charge in [-0.1, -0.05) is 25.6 Å². The number of nitrogens with zero attached hydrogens (tertiary/aromatic N) is 3. The predicted octanol–water partition coefficient (Wildman–Crippen LogP) is -1.59. The third-order valence-corrected chi connectivity index (χ3v) is 13.7. The molecule has 0 bridgehead atoms. The first-order chi connectivity index (χ1) is 34.9. The Morgan fingerprint density at radius 3 is 2.19 bits per heavy atom. The second kappa shape index (κ2) is 23.4. The number of phenols is 2. The molecular formula is C48H61FN4O21. The van der Waals surface area contributed by atoms with Gasteiger partial charge in [0.2, 0.25) is 11.7 Å². The van der Waals surface area contributed by atoms with E-state index in [4.69, 9.17) is 33.9 Å². The second-order valence-electron chi connectivity index (χ2n) is 18.5. The van der Waals surface area contributed by atoms with E-state index < -0.39 is 157 Å². The van der Waals surface area contributed by atoms with Crippen LogP contribution in [0.2, 0.25) is 0 Å². The maximum Gasteiger partial charge on any atom is 0.338 e. The summed E-state index contributed by atoms with van der Waals surface area (Å²) in [6, 6.07) is 2.43. The molecule has 0 aromatic heterocycles. The van der Waals surface area contributed by atoms with Gasteiger partial charge >= 0.3 is 6.03 Å². The van der Waals surface area contributed by atoms with Crippen LogP contribution in [0.25, 0.3) is 0 Å². The van der Waals surface area contributed by atoms with E-state index in [0.29, 0.717) is 0 Å². The minimum Gasteiger partial charge on any atom is -0.507 e. The number of hydrogen-bond donors (Lipinski definition) is 12. The third kappa shape index (κ3) is 11.2. The van der Waals surface area contributed by atoms with E-state index in [-0.39, 0.29) is 71.3 Å². The molecule has 6 aliphatic rings. The van der Waals surface area contributed by atoms with Crippen LogP contribution in [0, 0.1) is 5.92 Å². The van der Waals surface area contributed by atoms with Gasteiger partial charge in [-0.15, -0.1) is 0 Å². The molecule has 2 aromatic carbocycles. The average Bonchev–Trinajstić information content (AvgIpc) is 3.75. The number of Topliss-reactive ketones (excluding diaryl/α,β-unsaturated/α-hetero) is 1. The van der Waals surface area contributed by atoms with Crippen molar-refractivity contribution in [3.8, 4) is 17.2 Å². The van der Waals surface area contributed by atoms with E-state index in [1.54, 1.807) is 13.8 Å². The fraction of sp³-hybridized carbons (Fsp3) is 0.542. The predicted molar refractivity (Wildman–Crippen MR) is 249 cm³/mol. The van der Waals surface area contributed by atoms with Crippen molar-refractivity contribution in [2.24, 2.45) is 11.0 Å². The zero-order valence-corrected chi connectivity index (χ0v) is 40.6. The van der Waals surface area contributed by atoms with E-state index in [1.165, 1.54) is 32.4 Å². The molecule has 74 heavy (non-hydrogen) atoms. The van der Waals surface area contributed by atoms with Gasteiger partial charge in [0.1, 0.15) is 72.0 Å². The topological polar surface area (TPSA) is 385 Å². The number of halogens is 1. The summed E-state index contributed by atoms with van der Waals surface area (Å²) in [6.45, 7) is 8.12. The van der Waals surface area contributed by atoms with E-state index >= 15 is 0 Å². The Morgan fingerprint density at radius 1 is 0.932 bits per heavy atom. The summed E-state index contributed by atoms with van der Waals surface area (Å²) < 4.78 is 40.6. The number of methoxy groups -OCH3 is 1. The lowest BCUT2D eigenvalue weighted by atomic mass is 9.72. The molecule has 2 aromatic rings. The van der Waals surface area contributed by atoms with Gasteiger partial charge in [0, 0.05) is 62.3 Å². The summed E-state index contributed by atoms with van der Waals surface area (Å²) in [4.78, 5) is 64.0. The van der Waals surface area contributed by atoms with Gasteiger partial charge in [-0.05, 0) is 24.5 Å². The summed E-state index contributed by atoms with van der Waals surface area (Å²) in [5.74, 6) is -4.76. The van der Waals surface area contributed by atoms with Crippen molar-refractivity contribution in [2.75, 3.05) is 34.0 Å². The molecule has 12 N–H and O–H groups in total. The number of urea groups is 1. The number of aliphatic hydroxyl groups excluding tert-OH is 8. The van der Waals surface area contributed by atoms with E-state index in [9.17, 15) is 74.3 Å². The number of ether oxygens (including phenoxy) is 5. The summed E-state index contributed by atoms with van der Waals surface area (Å²) >= 11 is 0. The first-order valence-corrected chi connectivity index (χ1v) is 23.2. The van der Waals surface area contributed by atoms with Crippen molar-refractivity contribution in [3.63, 3.8) is 0 Å². The van der Waals surface area contributed by atoms with E-state index in [0.717, 1.165) is 16.1 Å². The smallest absolute Gasteiger partial charge is 0.338 e. The molecule has 406 valence electrons. The number of ketones is 3. The number of allylic oxidation sites excluding steroid dienone is 1. The number of carbonyl (C=O) groups is 5. The van der Waals surface area contributed by atoms with Crippen molar-refractivity contribution in [1.82, 2.24) is 15.2 Å². The average molecular weight is 1050 g/mol. The van der Waals surface area contributed by atoms with Crippen molar-refractivity contribution < 1.29 is 108 Å². The summed E-state index contributed by atoms with van der Waals surface area (Å²) in [6.07, 6.45) is -11.1. The van der Waals surface area contributed by atoms with Crippen LogP contribution in [0.1, 0.15) is 88.6 Å². The summed E-state index contributed by atoms with van der Waals surface area (Å²) in [7, 11) is 2.65. The van der Waals surface area contributed by atoms with Crippen LogP contribution < -0.4 is 10.1 Å². The number of fused-ring (bicyclic) bond motifs is 3. The standard InChI is InChI=1S/C28H30O11.C11H14FNO4.C9H17N3O6/c1-11-7-18(38-12(2)23(11)31)39-16-9-28(36,17(30)10-29)8-14-20(16)27(35)22-21(25(14)33)24(32)13-5-4-6-15(37-3)19(13)26(22)34;1-6-2-10(16)13(4-7(6)12)11-3-8(15)9(5-14)17-11;1-10-12(2)9(17)11-5-7(15)6(14)4(3-13)18-8(5)16/h4-6,11-12,16,18,23,29,31,33,35-36H,7-10H2,1-3H3;4,8-9,11,14-15H,1-3,5H2;4-8,13-16H,1,3H2,2H3,(H,11,17)/t11-,12-,16?,18-,23-,28-;8-,9+,11-;4?,5?,6-,7+,8-/m001/s1. The molecule has 8 rings (SSSR count). The molecule has 25 nitrogen and oxygen atoms in total. The molecular weight excluding hydrogens is 988 g/mol. The lowest BCUT2D eigenvalue weighted by Crippen LogP contribution is -2.64. The van der Waals surface area contributed by atoms with Gasteiger partial charge < -0.3 is 85.2 Å². The lowest BCUT2D eigenvalue weighted by Gasteiger charge is -2.42. The lowest BCUT2D eigenvalue weighted by molar-refractivity contribution is -0.255. The van der Waals surface area contributed by atoms with Crippen LogP contribution in [0.4, 0.5) is 9.18 Å². The molecule has 2 aliphatic carbocycles. The number of hydrazone groups is 1. The molecule has 4 aliphatic heterocycles. The van der Waals surface area contributed by atoms with Crippen molar-refractivity contribution in [1.29, 1.82) is 0 Å². The SMILES string of the molecule is C=C1CC(=O)N([C@@H]2C[C@H](O)[C@@H](CO)O2)C=C1F.C=NN(C)C(=O)NC1[C@H](O)OC(CO)[C@@H](O)[C@H]1O.COc1cccc2c1C(=O)c1c(O)c3c(c(O)c1C2=O)C[C@@](O)(C(=O)CO)CC3O[C@H]1C[C@H](C)[C@H](O)[C@H](C)O1. The highest BCUT2D eigenvalue weighted by Gasteiger charge is 2.51. The largest absolute Gasteiger partial charge is 0.507 e. The van der Waals surface area contributed by atoms with Gasteiger partial charge in [0.05, 0.1) is 67.9 Å². The van der Waals surface area contributed by atoms with Gasteiger partial charge in [-0.25, -0.2) is 14.2 Å². The number of hydrogen-bond acceptors (Lipinski definition) is 22. The van der Waals surface area contributed by atoms with Crippen LogP contribution in [0.5, 0.6) is 17.2 Å². The Balaban J connectivity index is 0.000000211. The maximum atomic E-state index is 13.7. The number of aliphatic hydroxyl groups is 9. The second-order valence-corrected chi connectivity index (χ2v) is 18.5. The molecule has 0 saturated carbocycles. The zero-order valence-electron chi connectivity index (χ0n) is 40.6. The molecule has 26 heteroatoms. The molecule has 3 amide bonds. The third-order valence-electron chi connectivity index (χ3n) is 13.7. The quantitative estimate of drug-likeness (QED) is 0.0618. The molecule has 4 heterocycles. The van der Waals surface area contributed by atoms with Crippen molar-refractivity contribution in [2.45, 2.75) is 125 Å². The first-order valence-electron chi connectivity index (χ1n) is 23.2. The maximum absolute atomic E-state index is 13.7. The summed E-state index contributed by atoms with van der Waals surface area (Å²) in [5.41, 5.74) is -3.31. The Morgan fingerprint density at radius 2 is 1.59 bits per heavy atom. The van der Waals surface area contributed by atoms with E-state index in [2.05, 4.69) is 23.7 Å². The first kappa shape index (κ1) is 57.4. The number of amides is 3. The number of rotatable bonds is 10. The number of aromatic hydroxyl groups is 2. The number of phenolic OH excluding ortho intramolecular Hbond substituents is 2.